The SMILES string of the molecule is Cc1nc(-c2cccnc2)nc2c1c(CCN)cn2C. The second-order valence-corrected chi connectivity index (χ2v) is 4.88. The van der Waals surface area contributed by atoms with E-state index in [1.807, 2.05) is 30.7 Å². The fraction of sp³-hybridized carbons (Fsp3) is 0.267. The minimum atomic E-state index is 0.628. The van der Waals surface area contributed by atoms with E-state index in [4.69, 9.17) is 5.73 Å². The van der Waals surface area contributed by atoms with Crippen LogP contribution in [0.2, 0.25) is 0 Å². The standard InChI is InChI=1S/C15H17N5/c1-10-13-12(5-6-16)9-20(2)15(13)19-14(18-10)11-4-3-7-17-8-11/h3-4,7-9H,5-6,16H2,1-2H3. The van der Waals surface area contributed by atoms with Gasteiger partial charge < -0.3 is 10.3 Å². The first-order chi connectivity index (χ1) is 9.70. The summed E-state index contributed by atoms with van der Waals surface area (Å²) < 4.78 is 2.04. The van der Waals surface area contributed by atoms with Gasteiger partial charge in [-0.15, -0.1) is 0 Å². The lowest BCUT2D eigenvalue weighted by Gasteiger charge is -2.05. The van der Waals surface area contributed by atoms with Gasteiger partial charge in [-0.25, -0.2) is 9.97 Å². The van der Waals surface area contributed by atoms with Crippen LogP contribution in [0, 0.1) is 6.92 Å². The number of fused-ring (bicyclic) bond motifs is 1. The summed E-state index contributed by atoms with van der Waals surface area (Å²) in [4.78, 5) is 13.4. The fourth-order valence-corrected chi connectivity index (χ4v) is 2.52. The number of aromatic nitrogens is 4. The summed E-state index contributed by atoms with van der Waals surface area (Å²) in [6.07, 6.45) is 6.46. The van der Waals surface area contributed by atoms with Crippen LogP contribution in [-0.2, 0) is 13.5 Å². The Morgan fingerprint density at radius 3 is 2.85 bits per heavy atom. The third kappa shape index (κ3) is 2.06. The molecule has 0 saturated heterocycles. The van der Waals surface area contributed by atoms with Crippen LogP contribution < -0.4 is 5.73 Å². The first-order valence-electron chi connectivity index (χ1n) is 6.63. The molecule has 0 unspecified atom stereocenters. The molecule has 0 fully saturated rings. The van der Waals surface area contributed by atoms with Gasteiger partial charge in [0.1, 0.15) is 5.65 Å². The van der Waals surface area contributed by atoms with Gasteiger partial charge in [-0.3, -0.25) is 4.98 Å². The molecule has 0 spiro atoms. The quantitative estimate of drug-likeness (QED) is 0.786. The third-order valence-electron chi connectivity index (χ3n) is 3.41. The molecule has 3 aromatic heterocycles. The number of hydrogen-bond donors (Lipinski definition) is 1. The van der Waals surface area contributed by atoms with Gasteiger partial charge in [0, 0.05) is 36.6 Å². The molecule has 0 bridgehead atoms. The van der Waals surface area contributed by atoms with E-state index >= 15 is 0 Å². The van der Waals surface area contributed by atoms with Crippen molar-refractivity contribution in [2.75, 3.05) is 6.54 Å². The smallest absolute Gasteiger partial charge is 0.163 e. The molecule has 0 saturated carbocycles. The van der Waals surface area contributed by atoms with Crippen molar-refractivity contribution in [2.45, 2.75) is 13.3 Å². The number of hydrogen-bond acceptors (Lipinski definition) is 4. The average molecular weight is 267 g/mol. The van der Waals surface area contributed by atoms with Crippen LogP contribution in [0.5, 0.6) is 0 Å². The van der Waals surface area contributed by atoms with Gasteiger partial charge in [0.05, 0.1) is 5.69 Å². The molecule has 0 aromatic carbocycles. The van der Waals surface area contributed by atoms with Crippen LogP contribution in [0.3, 0.4) is 0 Å². The summed E-state index contributed by atoms with van der Waals surface area (Å²) in [6.45, 7) is 2.65. The van der Waals surface area contributed by atoms with Crippen LogP contribution in [0.25, 0.3) is 22.4 Å². The Morgan fingerprint density at radius 1 is 1.30 bits per heavy atom. The second kappa shape index (κ2) is 5.02. The maximum Gasteiger partial charge on any atom is 0.163 e. The monoisotopic (exact) mass is 267 g/mol. The summed E-state index contributed by atoms with van der Waals surface area (Å²) in [6, 6.07) is 3.86. The van der Waals surface area contributed by atoms with E-state index in [0.717, 1.165) is 28.7 Å². The Balaban J connectivity index is 2.22. The molecule has 0 aliphatic rings. The lowest BCUT2D eigenvalue weighted by molar-refractivity contribution is 0.918. The van der Waals surface area contributed by atoms with Crippen LogP contribution in [0.1, 0.15) is 11.3 Å². The van der Waals surface area contributed by atoms with Crippen LogP contribution in [0.15, 0.2) is 30.7 Å². The predicted molar refractivity (Wildman–Crippen MR) is 79.2 cm³/mol. The van der Waals surface area contributed by atoms with Crippen molar-refractivity contribution in [3.8, 4) is 11.4 Å². The van der Waals surface area contributed by atoms with Crippen LogP contribution in [0.4, 0.5) is 0 Å². The Hall–Kier alpha value is -2.27. The predicted octanol–water partition coefficient (Wildman–Crippen LogP) is 1.84. The summed E-state index contributed by atoms with van der Waals surface area (Å²) in [7, 11) is 2.00. The number of nitrogens with two attached hydrogens (primary N) is 1. The zero-order valence-corrected chi connectivity index (χ0v) is 11.7. The van der Waals surface area contributed by atoms with Gasteiger partial charge in [-0.05, 0) is 37.6 Å². The minimum Gasteiger partial charge on any atom is -0.335 e. The molecule has 3 rings (SSSR count). The third-order valence-corrected chi connectivity index (χ3v) is 3.41. The number of aryl methyl sites for hydroxylation is 2. The maximum absolute atomic E-state index is 5.67. The number of pyridine rings is 1. The highest BCUT2D eigenvalue weighted by Gasteiger charge is 2.13. The van der Waals surface area contributed by atoms with E-state index in [9.17, 15) is 0 Å². The summed E-state index contributed by atoms with van der Waals surface area (Å²) in [5.41, 5.74) is 9.74. The highest BCUT2D eigenvalue weighted by molar-refractivity contribution is 5.84. The normalized spacial score (nSPS) is 11.2. The Bertz CT molecular complexity index is 746. The number of rotatable bonds is 3. The van der Waals surface area contributed by atoms with E-state index in [-0.39, 0.29) is 0 Å². The summed E-state index contributed by atoms with van der Waals surface area (Å²) >= 11 is 0. The first-order valence-corrected chi connectivity index (χ1v) is 6.63. The van der Waals surface area contributed by atoms with Gasteiger partial charge in [0.25, 0.3) is 0 Å². The molecule has 2 N–H and O–H groups in total. The summed E-state index contributed by atoms with van der Waals surface area (Å²) in [5.74, 6) is 0.712. The molecular weight excluding hydrogens is 250 g/mol. The van der Waals surface area contributed by atoms with E-state index in [2.05, 4.69) is 21.1 Å². The Kier molecular flexibility index (Phi) is 3.20. The Morgan fingerprint density at radius 2 is 2.15 bits per heavy atom. The average Bonchev–Trinajstić information content (AvgIpc) is 2.77. The van der Waals surface area contributed by atoms with E-state index < -0.39 is 0 Å². The highest BCUT2D eigenvalue weighted by atomic mass is 15.0. The second-order valence-electron chi connectivity index (χ2n) is 4.88. The first kappa shape index (κ1) is 12.7. The topological polar surface area (TPSA) is 69.6 Å². The zero-order valence-electron chi connectivity index (χ0n) is 11.7. The van der Waals surface area contributed by atoms with Gasteiger partial charge in [-0.1, -0.05) is 0 Å². The molecule has 3 aromatic rings. The molecule has 5 heteroatoms. The number of nitrogens with zero attached hydrogens (tertiary/aromatic N) is 4. The molecular formula is C15H17N5. The molecule has 0 aliphatic heterocycles. The highest BCUT2D eigenvalue weighted by Crippen LogP contribution is 2.25. The van der Waals surface area contributed by atoms with Crippen molar-refractivity contribution < 1.29 is 0 Å². The fourth-order valence-electron chi connectivity index (χ4n) is 2.52. The lowest BCUT2D eigenvalue weighted by Crippen LogP contribution is -2.02. The van der Waals surface area contributed by atoms with Crippen molar-refractivity contribution >= 4 is 11.0 Å². The van der Waals surface area contributed by atoms with Gasteiger partial charge in [-0.2, -0.15) is 0 Å². The molecule has 0 radical (unpaired) electrons. The van der Waals surface area contributed by atoms with Crippen molar-refractivity contribution in [3.63, 3.8) is 0 Å². The van der Waals surface area contributed by atoms with Gasteiger partial charge in [0.2, 0.25) is 0 Å². The van der Waals surface area contributed by atoms with Crippen molar-refractivity contribution in [1.82, 2.24) is 19.5 Å². The van der Waals surface area contributed by atoms with Gasteiger partial charge >= 0.3 is 0 Å². The lowest BCUT2D eigenvalue weighted by atomic mass is 10.1. The molecule has 0 amide bonds. The zero-order chi connectivity index (χ0) is 14.1. The molecule has 20 heavy (non-hydrogen) atoms. The minimum absolute atomic E-state index is 0.628. The van der Waals surface area contributed by atoms with Crippen molar-refractivity contribution in [3.05, 3.63) is 42.0 Å². The van der Waals surface area contributed by atoms with E-state index in [1.165, 1.54) is 5.56 Å². The summed E-state index contributed by atoms with van der Waals surface area (Å²) in [5, 5.41) is 1.12. The molecule has 102 valence electrons. The van der Waals surface area contributed by atoms with Crippen LogP contribution in [-0.4, -0.2) is 26.1 Å². The maximum atomic E-state index is 5.67. The van der Waals surface area contributed by atoms with E-state index in [0.29, 0.717) is 12.4 Å². The molecule has 0 atom stereocenters. The molecule has 5 nitrogen and oxygen atoms in total. The largest absolute Gasteiger partial charge is 0.335 e. The van der Waals surface area contributed by atoms with Crippen LogP contribution >= 0.6 is 0 Å². The molecule has 0 aliphatic carbocycles. The Labute approximate surface area is 117 Å². The van der Waals surface area contributed by atoms with E-state index in [1.54, 1.807) is 12.4 Å². The van der Waals surface area contributed by atoms with Gasteiger partial charge in [0.15, 0.2) is 5.82 Å². The van der Waals surface area contributed by atoms with Crippen molar-refractivity contribution in [1.29, 1.82) is 0 Å². The van der Waals surface area contributed by atoms with Crippen molar-refractivity contribution in [2.24, 2.45) is 12.8 Å². The molecule has 3 heterocycles.